The van der Waals surface area contributed by atoms with Gasteiger partial charge in [-0.25, -0.2) is 4.98 Å². The number of nitrogens with zero attached hydrogens (tertiary/aromatic N) is 3. The summed E-state index contributed by atoms with van der Waals surface area (Å²) in [6.45, 7) is 9.60. The zero-order valence-electron chi connectivity index (χ0n) is 17.2. The van der Waals surface area contributed by atoms with Crippen LogP contribution in [0.5, 0.6) is 5.75 Å². The fourth-order valence-corrected chi connectivity index (χ4v) is 4.53. The topological polar surface area (TPSA) is 45.7 Å². The largest absolute Gasteiger partial charge is 0.494 e. The highest BCUT2D eigenvalue weighted by Gasteiger charge is 2.23. The van der Waals surface area contributed by atoms with Gasteiger partial charge in [-0.15, -0.1) is 0 Å². The molecule has 1 amide bonds. The van der Waals surface area contributed by atoms with E-state index in [1.165, 1.54) is 0 Å². The van der Waals surface area contributed by atoms with Gasteiger partial charge in [0.15, 0.2) is 5.13 Å². The Morgan fingerprint density at radius 1 is 1.10 bits per heavy atom. The van der Waals surface area contributed by atoms with Crippen LogP contribution in [0.3, 0.4) is 0 Å². The van der Waals surface area contributed by atoms with E-state index in [9.17, 15) is 4.79 Å². The molecule has 0 spiro atoms. The molecule has 0 bridgehead atoms. The van der Waals surface area contributed by atoms with Crippen LogP contribution in [0.2, 0.25) is 0 Å². The van der Waals surface area contributed by atoms with E-state index in [1.54, 1.807) is 23.3 Å². The number of aromatic nitrogens is 1. The van der Waals surface area contributed by atoms with E-state index < -0.39 is 0 Å². The van der Waals surface area contributed by atoms with Crippen LogP contribution in [-0.2, 0) is 0 Å². The fraction of sp³-hybridized carbons (Fsp3) is 0.364. The Labute approximate surface area is 184 Å². The number of hydrogen-bond acceptors (Lipinski definition) is 5. The molecule has 1 aromatic heterocycles. The summed E-state index contributed by atoms with van der Waals surface area (Å²) in [5, 5.41) is 0.702. The van der Waals surface area contributed by atoms with E-state index in [0.717, 1.165) is 45.6 Å². The summed E-state index contributed by atoms with van der Waals surface area (Å²) in [6, 6.07) is 11.4. The van der Waals surface area contributed by atoms with Crippen molar-refractivity contribution in [1.29, 1.82) is 0 Å². The number of carbonyl (C=O) groups excluding carboxylic acids is 1. The van der Waals surface area contributed by atoms with Gasteiger partial charge in [-0.3, -0.25) is 9.69 Å². The average molecular weight is 476 g/mol. The summed E-state index contributed by atoms with van der Waals surface area (Å²) in [4.78, 5) is 22.3. The zero-order chi connectivity index (χ0) is 21.0. The van der Waals surface area contributed by atoms with Crippen molar-refractivity contribution in [3.8, 4) is 5.75 Å². The lowest BCUT2D eigenvalue weighted by Gasteiger charge is -2.24. The Bertz CT molecular complexity index is 984. The van der Waals surface area contributed by atoms with Gasteiger partial charge in [0.1, 0.15) is 11.3 Å². The molecule has 0 N–H and O–H groups in total. The number of methoxy groups -OCH3 is 1. The molecule has 0 aliphatic rings. The number of fused-ring (bicyclic) bond motifs is 1. The van der Waals surface area contributed by atoms with E-state index in [0.29, 0.717) is 17.2 Å². The number of aryl methyl sites for hydroxylation is 1. The molecule has 0 saturated carbocycles. The van der Waals surface area contributed by atoms with Gasteiger partial charge >= 0.3 is 0 Å². The molecule has 0 saturated heterocycles. The van der Waals surface area contributed by atoms with Crippen LogP contribution < -0.4 is 9.64 Å². The molecule has 0 aliphatic carbocycles. The van der Waals surface area contributed by atoms with Gasteiger partial charge in [-0.2, -0.15) is 0 Å². The first-order chi connectivity index (χ1) is 14.0. The molecule has 29 heavy (non-hydrogen) atoms. The van der Waals surface area contributed by atoms with Crippen molar-refractivity contribution < 1.29 is 9.53 Å². The van der Waals surface area contributed by atoms with Gasteiger partial charge < -0.3 is 9.64 Å². The fourth-order valence-electron chi connectivity index (χ4n) is 3.19. The first-order valence-electron chi connectivity index (χ1n) is 9.72. The van der Waals surface area contributed by atoms with Crippen LogP contribution in [0.25, 0.3) is 10.2 Å². The molecular formula is C22H26BrN3O2S. The highest BCUT2D eigenvalue weighted by Crippen LogP contribution is 2.36. The molecule has 3 rings (SSSR count). The normalized spacial score (nSPS) is 11.2. The predicted octanol–water partition coefficient (Wildman–Crippen LogP) is 5.36. The first kappa shape index (κ1) is 21.7. The van der Waals surface area contributed by atoms with Crippen molar-refractivity contribution in [1.82, 2.24) is 9.88 Å². The van der Waals surface area contributed by atoms with E-state index >= 15 is 0 Å². The second kappa shape index (κ2) is 9.69. The minimum atomic E-state index is -0.0414. The highest BCUT2D eigenvalue weighted by atomic mass is 79.9. The molecule has 3 aromatic rings. The quantitative estimate of drug-likeness (QED) is 0.439. The van der Waals surface area contributed by atoms with E-state index in [2.05, 4.69) is 41.6 Å². The third-order valence-electron chi connectivity index (χ3n) is 5.01. The summed E-state index contributed by atoms with van der Waals surface area (Å²) >= 11 is 4.98. The number of ether oxygens (including phenoxy) is 1. The Hall–Kier alpha value is -1.96. The second-order valence-corrected chi connectivity index (χ2v) is 8.64. The summed E-state index contributed by atoms with van der Waals surface area (Å²) in [5.74, 6) is 0.688. The molecule has 154 valence electrons. The van der Waals surface area contributed by atoms with Gasteiger partial charge in [-0.05, 0) is 55.9 Å². The summed E-state index contributed by atoms with van der Waals surface area (Å²) in [6.07, 6.45) is 0. The SMILES string of the molecule is CCN(CC)CCN(C(=O)c1ccc(Br)cc1)c1nc2c(OC)ccc(C)c2s1. The van der Waals surface area contributed by atoms with Crippen LogP contribution >= 0.6 is 27.3 Å². The molecule has 1 heterocycles. The van der Waals surface area contributed by atoms with Crippen LogP contribution in [0.15, 0.2) is 40.9 Å². The number of hydrogen-bond donors (Lipinski definition) is 0. The average Bonchev–Trinajstić information content (AvgIpc) is 3.18. The highest BCUT2D eigenvalue weighted by molar-refractivity contribution is 9.10. The zero-order valence-corrected chi connectivity index (χ0v) is 19.6. The molecule has 0 unspecified atom stereocenters. The molecule has 0 aliphatic heterocycles. The monoisotopic (exact) mass is 475 g/mol. The van der Waals surface area contributed by atoms with Crippen LogP contribution in [0.4, 0.5) is 5.13 Å². The third kappa shape index (κ3) is 4.79. The van der Waals surface area contributed by atoms with E-state index in [1.807, 2.05) is 36.4 Å². The lowest BCUT2D eigenvalue weighted by Crippen LogP contribution is -2.38. The first-order valence-corrected chi connectivity index (χ1v) is 11.3. The van der Waals surface area contributed by atoms with Crippen molar-refractivity contribution in [3.63, 3.8) is 0 Å². The molecule has 7 heteroatoms. The van der Waals surface area contributed by atoms with Gasteiger partial charge in [0.25, 0.3) is 5.91 Å². The Morgan fingerprint density at radius 2 is 1.79 bits per heavy atom. The number of benzene rings is 2. The Morgan fingerprint density at radius 3 is 2.41 bits per heavy atom. The summed E-state index contributed by atoms with van der Waals surface area (Å²) in [5.41, 5.74) is 2.59. The van der Waals surface area contributed by atoms with Gasteiger partial charge in [0.05, 0.1) is 11.8 Å². The smallest absolute Gasteiger partial charge is 0.260 e. The summed E-state index contributed by atoms with van der Waals surface area (Å²) in [7, 11) is 1.65. The lowest BCUT2D eigenvalue weighted by molar-refractivity contribution is 0.0983. The number of anilines is 1. The van der Waals surface area contributed by atoms with Crippen LogP contribution in [0.1, 0.15) is 29.8 Å². The van der Waals surface area contributed by atoms with Crippen molar-refractivity contribution >= 4 is 48.5 Å². The number of amides is 1. The van der Waals surface area contributed by atoms with Crippen molar-refractivity contribution in [2.45, 2.75) is 20.8 Å². The summed E-state index contributed by atoms with van der Waals surface area (Å²) < 4.78 is 7.49. The molecule has 0 fully saturated rings. The maximum absolute atomic E-state index is 13.4. The Kier molecular flexibility index (Phi) is 7.27. The number of halogens is 1. The van der Waals surface area contributed by atoms with Crippen LogP contribution in [0, 0.1) is 6.92 Å². The van der Waals surface area contributed by atoms with E-state index in [-0.39, 0.29) is 5.91 Å². The number of thiazole rings is 1. The second-order valence-electron chi connectivity index (χ2n) is 6.75. The molecular weight excluding hydrogens is 450 g/mol. The number of rotatable bonds is 8. The Balaban J connectivity index is 2.02. The van der Waals surface area contributed by atoms with Crippen molar-refractivity contribution in [2.75, 3.05) is 38.2 Å². The molecule has 0 atom stereocenters. The lowest BCUT2D eigenvalue weighted by atomic mass is 10.2. The minimum Gasteiger partial charge on any atom is -0.494 e. The van der Waals surface area contributed by atoms with Crippen LogP contribution in [-0.4, -0.2) is 49.1 Å². The maximum Gasteiger partial charge on any atom is 0.260 e. The predicted molar refractivity (Wildman–Crippen MR) is 125 cm³/mol. The van der Waals surface area contributed by atoms with Gasteiger partial charge in [-0.1, -0.05) is 47.2 Å². The minimum absolute atomic E-state index is 0.0414. The van der Waals surface area contributed by atoms with Crippen molar-refractivity contribution in [3.05, 3.63) is 52.0 Å². The molecule has 2 aromatic carbocycles. The molecule has 0 radical (unpaired) electrons. The van der Waals surface area contributed by atoms with E-state index in [4.69, 9.17) is 9.72 Å². The maximum atomic E-state index is 13.4. The van der Waals surface area contributed by atoms with Crippen molar-refractivity contribution in [2.24, 2.45) is 0 Å². The molecule has 5 nitrogen and oxygen atoms in total. The number of likely N-dealkylation sites (N-methyl/N-ethyl adjacent to an activating group) is 1. The van der Waals surface area contributed by atoms with Gasteiger partial charge in [0, 0.05) is 23.1 Å². The standard InChI is InChI=1S/C22H26BrN3O2S/c1-5-25(6-2)13-14-26(21(27)16-8-10-17(23)11-9-16)22-24-19-18(28-4)12-7-15(3)20(19)29-22/h7-12H,5-6,13-14H2,1-4H3. The van der Waals surface area contributed by atoms with Gasteiger partial charge in [0.2, 0.25) is 0 Å². The third-order valence-corrected chi connectivity index (χ3v) is 6.76. The number of carbonyl (C=O) groups is 1.